The fourth-order valence-electron chi connectivity index (χ4n) is 2.51. The topological polar surface area (TPSA) is 114 Å². The average molecular weight is 409 g/mol. The second-order valence-corrected chi connectivity index (χ2v) is 6.19. The third kappa shape index (κ3) is 6.90. The lowest BCUT2D eigenvalue weighted by molar-refractivity contribution is -0.153. The van der Waals surface area contributed by atoms with Gasteiger partial charge in [0.25, 0.3) is 5.91 Å². The summed E-state index contributed by atoms with van der Waals surface area (Å²) in [6, 6.07) is 16.4. The molecule has 0 aliphatic rings. The molecule has 1 atom stereocenters. The van der Waals surface area contributed by atoms with Crippen molar-refractivity contribution in [2.45, 2.75) is 20.0 Å². The summed E-state index contributed by atoms with van der Waals surface area (Å²) in [6.07, 6.45) is 0.0438. The van der Waals surface area contributed by atoms with Crippen LogP contribution in [0.25, 0.3) is 6.08 Å². The molecule has 0 bridgehead atoms. The van der Waals surface area contributed by atoms with Crippen molar-refractivity contribution < 1.29 is 23.9 Å². The predicted octanol–water partition coefficient (Wildman–Crippen LogP) is 2.29. The van der Waals surface area contributed by atoms with E-state index in [0.29, 0.717) is 17.7 Å². The van der Waals surface area contributed by atoms with Crippen LogP contribution in [0, 0.1) is 0 Å². The summed E-state index contributed by atoms with van der Waals surface area (Å²) >= 11 is 0. The number of carbonyl (C=O) groups excluding carboxylic acids is 4. The largest absolute Gasteiger partial charge is 0.443 e. The van der Waals surface area contributed by atoms with E-state index in [2.05, 4.69) is 16.0 Å². The van der Waals surface area contributed by atoms with Gasteiger partial charge >= 0.3 is 12.0 Å². The summed E-state index contributed by atoms with van der Waals surface area (Å²) in [6.45, 7) is 3.27. The fourth-order valence-corrected chi connectivity index (χ4v) is 2.51. The highest BCUT2D eigenvalue weighted by Crippen LogP contribution is 2.19. The van der Waals surface area contributed by atoms with Gasteiger partial charge in [0.15, 0.2) is 0 Å². The number of hydrogen-bond acceptors (Lipinski definition) is 5. The molecule has 3 N–H and O–H groups in total. The summed E-state index contributed by atoms with van der Waals surface area (Å²) in [5.41, 5.74) is 0.885. The molecule has 0 spiro atoms. The molecule has 8 heteroatoms. The van der Waals surface area contributed by atoms with Crippen molar-refractivity contribution in [2.24, 2.45) is 0 Å². The third-order valence-electron chi connectivity index (χ3n) is 3.78. The number of carbonyl (C=O) groups is 4. The Morgan fingerprint density at radius 1 is 0.933 bits per heavy atom. The van der Waals surface area contributed by atoms with Crippen LogP contribution < -0.4 is 16.0 Å². The zero-order valence-electron chi connectivity index (χ0n) is 16.7. The molecule has 0 aliphatic heterocycles. The maximum absolute atomic E-state index is 12.8. The Kier molecular flexibility index (Phi) is 8.31. The second kappa shape index (κ2) is 11.2. The van der Waals surface area contributed by atoms with Crippen molar-refractivity contribution in [1.29, 1.82) is 0 Å². The maximum Gasteiger partial charge on any atom is 0.355 e. The summed E-state index contributed by atoms with van der Waals surface area (Å²) < 4.78 is 5.40. The Morgan fingerprint density at radius 2 is 1.53 bits per heavy atom. The Morgan fingerprint density at radius 3 is 2.10 bits per heavy atom. The molecule has 0 unspecified atom stereocenters. The van der Waals surface area contributed by atoms with Crippen molar-refractivity contribution in [2.75, 3.05) is 6.54 Å². The molecule has 0 aromatic heterocycles. The number of ether oxygens (including phenoxy) is 1. The first kappa shape index (κ1) is 22.4. The van der Waals surface area contributed by atoms with E-state index >= 15 is 0 Å². The lowest BCUT2D eigenvalue weighted by Gasteiger charge is -2.18. The third-order valence-corrected chi connectivity index (χ3v) is 3.78. The van der Waals surface area contributed by atoms with E-state index in [0.717, 1.165) is 0 Å². The van der Waals surface area contributed by atoms with Gasteiger partial charge in [-0.1, -0.05) is 60.7 Å². The van der Waals surface area contributed by atoms with E-state index in [1.165, 1.54) is 13.0 Å². The van der Waals surface area contributed by atoms with Gasteiger partial charge in [-0.25, -0.2) is 9.59 Å². The molecule has 2 aromatic carbocycles. The number of imide groups is 1. The minimum absolute atomic E-state index is 0.138. The highest BCUT2D eigenvalue weighted by Gasteiger charge is 2.28. The lowest BCUT2D eigenvalue weighted by Crippen LogP contribution is -2.43. The van der Waals surface area contributed by atoms with Crippen molar-refractivity contribution in [3.8, 4) is 0 Å². The minimum atomic E-state index is -1.39. The number of urea groups is 1. The molecule has 4 amide bonds. The molecule has 30 heavy (non-hydrogen) atoms. The van der Waals surface area contributed by atoms with E-state index in [1.54, 1.807) is 61.5 Å². The minimum Gasteiger partial charge on any atom is -0.443 e. The standard InChI is InChI=1S/C22H23N3O5/c1-3-23-22(29)25-20(27)19(17-12-8-5-9-13-17)30-21(28)18(24-15(2)26)14-16-10-6-4-7-11-16/h4-14,19H,3H2,1-2H3,(H,24,26)(H2,23,25,27,29)/b18-14-/t19-/m0/s1. The van der Waals surface area contributed by atoms with E-state index in [9.17, 15) is 19.2 Å². The normalized spacial score (nSPS) is 11.7. The Bertz CT molecular complexity index is 926. The fraction of sp³-hybridized carbons (Fsp3) is 0.182. The molecule has 0 saturated heterocycles. The van der Waals surface area contributed by atoms with E-state index in [1.807, 2.05) is 6.07 Å². The number of benzene rings is 2. The van der Waals surface area contributed by atoms with Crippen molar-refractivity contribution in [3.63, 3.8) is 0 Å². The van der Waals surface area contributed by atoms with Crippen LogP contribution in [0.2, 0.25) is 0 Å². The summed E-state index contributed by atoms with van der Waals surface area (Å²) in [4.78, 5) is 48.7. The molecule has 2 aromatic rings. The number of amides is 4. The van der Waals surface area contributed by atoms with Crippen LogP contribution in [0.3, 0.4) is 0 Å². The first-order valence-corrected chi connectivity index (χ1v) is 9.29. The highest BCUT2D eigenvalue weighted by atomic mass is 16.5. The van der Waals surface area contributed by atoms with Gasteiger partial charge in [-0.2, -0.15) is 0 Å². The number of hydrogen-bond donors (Lipinski definition) is 3. The van der Waals surface area contributed by atoms with E-state index in [4.69, 9.17) is 4.74 Å². The molecule has 8 nitrogen and oxygen atoms in total. The zero-order valence-corrected chi connectivity index (χ0v) is 16.7. The molecule has 0 saturated carbocycles. The van der Waals surface area contributed by atoms with Crippen LogP contribution in [0.1, 0.15) is 31.1 Å². The van der Waals surface area contributed by atoms with Crippen molar-refractivity contribution in [1.82, 2.24) is 16.0 Å². The van der Waals surface area contributed by atoms with Gasteiger partial charge in [-0.05, 0) is 18.6 Å². The monoisotopic (exact) mass is 409 g/mol. The summed E-state index contributed by atoms with van der Waals surface area (Å²) in [5.74, 6) is -2.21. The average Bonchev–Trinajstić information content (AvgIpc) is 2.72. The summed E-state index contributed by atoms with van der Waals surface area (Å²) in [7, 11) is 0. The van der Waals surface area contributed by atoms with Gasteiger partial charge in [-0.15, -0.1) is 0 Å². The van der Waals surface area contributed by atoms with Gasteiger partial charge in [0, 0.05) is 19.0 Å². The van der Waals surface area contributed by atoms with Crippen LogP contribution in [0.4, 0.5) is 4.79 Å². The van der Waals surface area contributed by atoms with Crippen LogP contribution in [0.5, 0.6) is 0 Å². The first-order valence-electron chi connectivity index (χ1n) is 9.29. The molecule has 2 rings (SSSR count). The van der Waals surface area contributed by atoms with Gasteiger partial charge in [-0.3, -0.25) is 14.9 Å². The molecular formula is C22H23N3O5. The zero-order chi connectivity index (χ0) is 21.9. The van der Waals surface area contributed by atoms with Gasteiger partial charge in [0.2, 0.25) is 12.0 Å². The molecule has 0 aliphatic carbocycles. The number of esters is 1. The Labute approximate surface area is 174 Å². The van der Waals surface area contributed by atoms with E-state index in [-0.39, 0.29) is 5.70 Å². The number of rotatable bonds is 7. The highest BCUT2D eigenvalue weighted by molar-refractivity contribution is 6.01. The number of nitrogens with one attached hydrogen (secondary N) is 3. The second-order valence-electron chi connectivity index (χ2n) is 6.19. The first-order chi connectivity index (χ1) is 14.4. The molecule has 0 fully saturated rings. The molecule has 156 valence electrons. The van der Waals surface area contributed by atoms with Crippen LogP contribution >= 0.6 is 0 Å². The molecular weight excluding hydrogens is 386 g/mol. The predicted molar refractivity (Wildman–Crippen MR) is 111 cm³/mol. The van der Waals surface area contributed by atoms with Gasteiger partial charge in [0.1, 0.15) is 5.70 Å². The molecule has 0 radical (unpaired) electrons. The quantitative estimate of drug-likeness (QED) is 0.480. The van der Waals surface area contributed by atoms with Crippen LogP contribution in [0.15, 0.2) is 66.4 Å². The van der Waals surface area contributed by atoms with Gasteiger partial charge < -0.3 is 15.4 Å². The Hall–Kier alpha value is -3.94. The van der Waals surface area contributed by atoms with Crippen LogP contribution in [-0.4, -0.2) is 30.4 Å². The maximum atomic E-state index is 12.8. The van der Waals surface area contributed by atoms with Crippen LogP contribution in [-0.2, 0) is 19.1 Å². The molecule has 0 heterocycles. The van der Waals surface area contributed by atoms with E-state index < -0.39 is 29.9 Å². The SMILES string of the molecule is CCNC(=O)NC(=O)[C@@H](OC(=O)/C(=C/c1ccccc1)NC(C)=O)c1ccccc1. The summed E-state index contributed by atoms with van der Waals surface area (Å²) in [5, 5.41) is 7.00. The van der Waals surface area contributed by atoms with Gasteiger partial charge in [0.05, 0.1) is 0 Å². The van der Waals surface area contributed by atoms with Crippen molar-refractivity contribution in [3.05, 3.63) is 77.5 Å². The lowest BCUT2D eigenvalue weighted by atomic mass is 10.1. The van der Waals surface area contributed by atoms with Crippen molar-refractivity contribution >= 4 is 29.9 Å². The smallest absolute Gasteiger partial charge is 0.355 e. The Balaban J connectivity index is 2.30.